The molecule has 1 N–H and O–H groups in total. The third kappa shape index (κ3) is 5.94. The molecule has 2 amide bonds. The van der Waals surface area contributed by atoms with Gasteiger partial charge >= 0.3 is 5.97 Å². The van der Waals surface area contributed by atoms with E-state index in [-0.39, 0.29) is 37.8 Å². The second-order valence-electron chi connectivity index (χ2n) is 6.34. The van der Waals surface area contributed by atoms with Crippen LogP contribution in [0.15, 0.2) is 18.2 Å². The molecule has 28 heavy (non-hydrogen) atoms. The summed E-state index contributed by atoms with van der Waals surface area (Å²) in [5, 5.41) is 3.64. The number of esters is 1. The zero-order valence-corrected chi connectivity index (χ0v) is 17.0. The van der Waals surface area contributed by atoms with E-state index in [1.54, 1.807) is 25.1 Å². The van der Waals surface area contributed by atoms with E-state index in [2.05, 4.69) is 5.32 Å². The lowest BCUT2D eigenvalue weighted by Gasteiger charge is -2.22. The molecular formula is C19H22Cl2N2O5. The number of likely N-dealkylation sites (tertiary alicyclic amines) is 1. The number of benzene rings is 1. The summed E-state index contributed by atoms with van der Waals surface area (Å²) in [4.78, 5) is 49.6. The molecule has 0 radical (unpaired) electrons. The van der Waals surface area contributed by atoms with Crippen LogP contribution in [0.1, 0.15) is 38.2 Å². The Kier molecular flexibility index (Phi) is 8.26. The molecule has 1 heterocycles. The van der Waals surface area contributed by atoms with Crippen LogP contribution in [0.5, 0.6) is 0 Å². The van der Waals surface area contributed by atoms with Crippen molar-refractivity contribution in [1.82, 2.24) is 10.2 Å². The van der Waals surface area contributed by atoms with Gasteiger partial charge in [0.2, 0.25) is 11.8 Å². The van der Waals surface area contributed by atoms with Crippen molar-refractivity contribution < 1.29 is 23.9 Å². The molecule has 1 aromatic rings. The standard InChI is InChI=1S/C19H22Cl2N2O5/c1-2-28-19(27)18(26)15-4-3-9-23(15)17(25)8-7-16(24)22-11-12-5-6-13(20)10-14(12)21/h5-6,10,15H,2-4,7-9,11H2,1H3,(H,22,24)/t15-/m0/s1. The molecule has 1 saturated heterocycles. The topological polar surface area (TPSA) is 92.8 Å². The first-order chi connectivity index (χ1) is 13.3. The molecule has 152 valence electrons. The van der Waals surface area contributed by atoms with E-state index in [0.29, 0.717) is 35.0 Å². The second kappa shape index (κ2) is 10.4. The summed E-state index contributed by atoms with van der Waals surface area (Å²) in [6, 6.07) is 4.17. The number of rotatable bonds is 8. The van der Waals surface area contributed by atoms with Gasteiger partial charge in [0.1, 0.15) is 6.04 Å². The van der Waals surface area contributed by atoms with E-state index in [1.165, 1.54) is 4.90 Å². The molecule has 0 spiro atoms. The van der Waals surface area contributed by atoms with Crippen LogP contribution < -0.4 is 5.32 Å². The van der Waals surface area contributed by atoms with Crippen molar-refractivity contribution in [2.45, 2.75) is 45.2 Å². The highest BCUT2D eigenvalue weighted by Gasteiger charge is 2.37. The first-order valence-corrected chi connectivity index (χ1v) is 9.80. The highest BCUT2D eigenvalue weighted by atomic mass is 35.5. The predicted octanol–water partition coefficient (Wildman–Crippen LogP) is 2.51. The van der Waals surface area contributed by atoms with Crippen molar-refractivity contribution in [2.24, 2.45) is 0 Å². The molecule has 1 atom stereocenters. The Morgan fingerprint density at radius 2 is 1.96 bits per heavy atom. The summed E-state index contributed by atoms with van der Waals surface area (Å²) in [6.07, 6.45) is 0.973. The number of hydrogen-bond donors (Lipinski definition) is 1. The van der Waals surface area contributed by atoms with Crippen molar-refractivity contribution >= 4 is 46.8 Å². The van der Waals surface area contributed by atoms with Crippen LogP contribution in [0.3, 0.4) is 0 Å². The summed E-state index contributed by atoms with van der Waals surface area (Å²) < 4.78 is 4.72. The molecule has 1 aliphatic rings. The van der Waals surface area contributed by atoms with Crippen molar-refractivity contribution in [3.05, 3.63) is 33.8 Å². The summed E-state index contributed by atoms with van der Waals surface area (Å²) in [5.74, 6) is -2.29. The number of carbonyl (C=O) groups is 4. The fraction of sp³-hybridized carbons (Fsp3) is 0.474. The van der Waals surface area contributed by atoms with Gasteiger partial charge in [0.25, 0.3) is 5.78 Å². The van der Waals surface area contributed by atoms with Gasteiger partial charge in [-0.2, -0.15) is 0 Å². The van der Waals surface area contributed by atoms with Crippen LogP contribution in [-0.4, -0.2) is 47.7 Å². The molecule has 0 bridgehead atoms. The molecule has 1 fully saturated rings. The average molecular weight is 429 g/mol. The van der Waals surface area contributed by atoms with Gasteiger partial charge < -0.3 is 15.0 Å². The molecule has 9 heteroatoms. The maximum Gasteiger partial charge on any atom is 0.376 e. The van der Waals surface area contributed by atoms with Gasteiger partial charge in [0.15, 0.2) is 0 Å². The third-order valence-electron chi connectivity index (χ3n) is 4.41. The van der Waals surface area contributed by atoms with E-state index >= 15 is 0 Å². The Balaban J connectivity index is 1.82. The van der Waals surface area contributed by atoms with Crippen molar-refractivity contribution in [3.8, 4) is 0 Å². The Labute approximate surface area is 173 Å². The quantitative estimate of drug-likeness (QED) is 0.507. The van der Waals surface area contributed by atoms with Crippen LogP contribution in [-0.2, 0) is 30.5 Å². The van der Waals surface area contributed by atoms with Crippen molar-refractivity contribution in [2.75, 3.05) is 13.2 Å². The fourth-order valence-corrected chi connectivity index (χ4v) is 3.46. The molecular weight excluding hydrogens is 407 g/mol. The lowest BCUT2D eigenvalue weighted by Crippen LogP contribution is -2.44. The predicted molar refractivity (Wildman–Crippen MR) is 104 cm³/mol. The Morgan fingerprint density at radius 1 is 1.21 bits per heavy atom. The van der Waals surface area contributed by atoms with Gasteiger partial charge in [0, 0.05) is 36.0 Å². The van der Waals surface area contributed by atoms with Crippen molar-refractivity contribution in [3.63, 3.8) is 0 Å². The van der Waals surface area contributed by atoms with Crippen LogP contribution in [0, 0.1) is 0 Å². The molecule has 1 aliphatic heterocycles. The Morgan fingerprint density at radius 3 is 2.64 bits per heavy atom. The van der Waals surface area contributed by atoms with E-state index in [4.69, 9.17) is 27.9 Å². The summed E-state index contributed by atoms with van der Waals surface area (Å²) in [7, 11) is 0. The number of Topliss-reactive ketones (excluding diaryl/α,β-unsaturated/α-hetero) is 1. The van der Waals surface area contributed by atoms with Crippen LogP contribution in [0.2, 0.25) is 10.0 Å². The summed E-state index contributed by atoms with van der Waals surface area (Å²) in [6.45, 7) is 2.31. The van der Waals surface area contributed by atoms with Gasteiger partial charge in [0.05, 0.1) is 6.61 Å². The number of ether oxygens (including phenoxy) is 1. The number of nitrogens with one attached hydrogen (secondary N) is 1. The van der Waals surface area contributed by atoms with Gasteiger partial charge in [-0.3, -0.25) is 14.4 Å². The van der Waals surface area contributed by atoms with Gasteiger partial charge in [-0.15, -0.1) is 0 Å². The third-order valence-corrected chi connectivity index (χ3v) is 5.00. The minimum atomic E-state index is -0.926. The molecule has 0 saturated carbocycles. The second-order valence-corrected chi connectivity index (χ2v) is 7.19. The Bertz CT molecular complexity index is 769. The number of carbonyl (C=O) groups excluding carboxylic acids is 4. The number of ketones is 1. The van der Waals surface area contributed by atoms with E-state index in [9.17, 15) is 19.2 Å². The van der Waals surface area contributed by atoms with Crippen LogP contribution in [0.4, 0.5) is 0 Å². The molecule has 0 aliphatic carbocycles. The molecule has 0 unspecified atom stereocenters. The zero-order chi connectivity index (χ0) is 20.7. The zero-order valence-electron chi connectivity index (χ0n) is 15.5. The lowest BCUT2D eigenvalue weighted by molar-refractivity contribution is -0.156. The van der Waals surface area contributed by atoms with Gasteiger partial charge in [-0.25, -0.2) is 4.79 Å². The first-order valence-electron chi connectivity index (χ1n) is 9.04. The molecule has 7 nitrogen and oxygen atoms in total. The molecule has 2 rings (SSSR count). The minimum Gasteiger partial charge on any atom is -0.460 e. The first kappa shape index (κ1) is 22.2. The minimum absolute atomic E-state index is 0.0269. The van der Waals surface area contributed by atoms with Crippen molar-refractivity contribution in [1.29, 1.82) is 0 Å². The highest BCUT2D eigenvalue weighted by molar-refractivity contribution is 6.36. The molecule has 1 aromatic carbocycles. The average Bonchev–Trinajstić information content (AvgIpc) is 3.14. The summed E-state index contributed by atoms with van der Waals surface area (Å²) in [5.41, 5.74) is 0.713. The number of amides is 2. The number of halogens is 2. The lowest BCUT2D eigenvalue weighted by atomic mass is 10.1. The Hall–Kier alpha value is -2.12. The maximum absolute atomic E-state index is 12.4. The SMILES string of the molecule is CCOC(=O)C(=O)[C@@H]1CCCN1C(=O)CCC(=O)NCc1ccc(Cl)cc1Cl. The highest BCUT2D eigenvalue weighted by Crippen LogP contribution is 2.21. The van der Waals surface area contributed by atoms with Gasteiger partial charge in [-0.05, 0) is 37.5 Å². The summed E-state index contributed by atoms with van der Waals surface area (Å²) >= 11 is 11.9. The van der Waals surface area contributed by atoms with Crippen LogP contribution >= 0.6 is 23.2 Å². The fourth-order valence-electron chi connectivity index (χ4n) is 2.99. The number of hydrogen-bond acceptors (Lipinski definition) is 5. The monoisotopic (exact) mass is 428 g/mol. The molecule has 0 aromatic heterocycles. The van der Waals surface area contributed by atoms with E-state index in [0.717, 1.165) is 0 Å². The van der Waals surface area contributed by atoms with E-state index in [1.807, 2.05) is 0 Å². The number of nitrogens with zero attached hydrogens (tertiary/aromatic N) is 1. The maximum atomic E-state index is 12.4. The largest absolute Gasteiger partial charge is 0.460 e. The smallest absolute Gasteiger partial charge is 0.376 e. The van der Waals surface area contributed by atoms with Crippen LogP contribution in [0.25, 0.3) is 0 Å². The van der Waals surface area contributed by atoms with E-state index < -0.39 is 17.8 Å². The normalized spacial score (nSPS) is 16.0. The van der Waals surface area contributed by atoms with Gasteiger partial charge in [-0.1, -0.05) is 29.3 Å².